The van der Waals surface area contributed by atoms with Crippen molar-refractivity contribution < 1.29 is 17.6 Å². The van der Waals surface area contributed by atoms with Gasteiger partial charge >= 0.3 is 0 Å². The number of anilines is 1. The minimum atomic E-state index is -3.59. The van der Waals surface area contributed by atoms with Crippen molar-refractivity contribution >= 4 is 56.7 Å². The molecule has 0 bridgehead atoms. The summed E-state index contributed by atoms with van der Waals surface area (Å²) in [5.41, 5.74) is 1.10. The number of thioether (sulfide) groups is 1. The van der Waals surface area contributed by atoms with Gasteiger partial charge in [-0.3, -0.25) is 4.79 Å². The second-order valence-electron chi connectivity index (χ2n) is 7.60. The molecule has 0 saturated carbocycles. The maximum atomic E-state index is 13.0. The van der Waals surface area contributed by atoms with Crippen molar-refractivity contribution in [2.24, 2.45) is 0 Å². The fourth-order valence-corrected chi connectivity index (χ4v) is 5.88. The molecular weight excluding hydrogens is 521 g/mol. The number of pyridine rings is 1. The monoisotopic (exact) mass is 541 g/mol. The van der Waals surface area contributed by atoms with Gasteiger partial charge in [0, 0.05) is 24.8 Å². The van der Waals surface area contributed by atoms with Gasteiger partial charge in [-0.15, -0.1) is 10.2 Å². The van der Waals surface area contributed by atoms with Gasteiger partial charge in [0.2, 0.25) is 21.8 Å². The van der Waals surface area contributed by atoms with Crippen molar-refractivity contribution in [2.45, 2.75) is 36.3 Å². The number of carbonyl (C=O) groups excluding carboxylic acids is 1. The van der Waals surface area contributed by atoms with Gasteiger partial charge in [0.15, 0.2) is 5.82 Å². The molecule has 0 aliphatic carbocycles. The molecule has 9 nitrogen and oxygen atoms in total. The number of sulfonamides is 1. The van der Waals surface area contributed by atoms with Crippen LogP contribution in [-0.2, 0) is 14.8 Å². The number of piperidine rings is 1. The lowest BCUT2D eigenvalue weighted by Crippen LogP contribution is -2.35. The van der Waals surface area contributed by atoms with Crippen molar-refractivity contribution in [1.29, 1.82) is 0 Å². The molecular formula is C21H21Cl2N5O4S2. The molecule has 180 valence electrons. The molecule has 0 spiro atoms. The Labute approximate surface area is 211 Å². The zero-order valence-corrected chi connectivity index (χ0v) is 21.3. The van der Waals surface area contributed by atoms with E-state index in [9.17, 15) is 13.2 Å². The van der Waals surface area contributed by atoms with Crippen LogP contribution in [0, 0.1) is 6.92 Å². The number of nitrogens with zero attached hydrogens (tertiary/aromatic N) is 4. The maximum Gasteiger partial charge on any atom is 0.277 e. The highest BCUT2D eigenvalue weighted by Crippen LogP contribution is 2.30. The predicted molar refractivity (Wildman–Crippen MR) is 131 cm³/mol. The van der Waals surface area contributed by atoms with Crippen LogP contribution in [-0.4, -0.2) is 52.7 Å². The van der Waals surface area contributed by atoms with E-state index in [0.29, 0.717) is 29.2 Å². The Morgan fingerprint density at radius 3 is 2.74 bits per heavy atom. The number of hydrogen-bond acceptors (Lipinski definition) is 8. The van der Waals surface area contributed by atoms with Gasteiger partial charge in [-0.2, -0.15) is 4.31 Å². The number of amides is 1. The minimum absolute atomic E-state index is 0.0231. The molecule has 4 rings (SSSR count). The highest BCUT2D eigenvalue weighted by Gasteiger charge is 2.26. The molecule has 1 aliphatic heterocycles. The lowest BCUT2D eigenvalue weighted by Gasteiger charge is -2.25. The van der Waals surface area contributed by atoms with Crippen molar-refractivity contribution in [1.82, 2.24) is 19.5 Å². The minimum Gasteiger partial charge on any atom is -0.411 e. The summed E-state index contributed by atoms with van der Waals surface area (Å²) in [5, 5.41) is 11.4. The van der Waals surface area contributed by atoms with E-state index in [2.05, 4.69) is 20.5 Å². The maximum absolute atomic E-state index is 13.0. The van der Waals surface area contributed by atoms with E-state index in [-0.39, 0.29) is 38.5 Å². The smallest absolute Gasteiger partial charge is 0.277 e. The Morgan fingerprint density at radius 1 is 1.21 bits per heavy atom. The first-order valence-corrected chi connectivity index (χ1v) is 13.6. The molecule has 1 aliphatic rings. The second kappa shape index (κ2) is 10.6. The standard InChI is InChI=1S/C21H21Cl2N5O4S2/c1-13-16(22)11-24-19(18(13)23)25-17(29)12-33-21-27-26-20(32-21)14-6-5-7-15(10-14)34(30,31)28-8-3-2-4-9-28/h5-7,10-11H,2-4,8-9,12H2,1H3,(H,24,25,29). The molecule has 34 heavy (non-hydrogen) atoms. The Kier molecular flexibility index (Phi) is 7.78. The van der Waals surface area contributed by atoms with Crippen LogP contribution in [0.5, 0.6) is 0 Å². The molecule has 3 heterocycles. The van der Waals surface area contributed by atoms with Gasteiger partial charge in [-0.05, 0) is 43.5 Å². The molecule has 0 radical (unpaired) electrons. The van der Waals surface area contributed by atoms with E-state index < -0.39 is 10.0 Å². The number of aromatic nitrogens is 3. The average Bonchev–Trinajstić information content (AvgIpc) is 3.33. The van der Waals surface area contributed by atoms with Crippen molar-refractivity contribution in [3.63, 3.8) is 0 Å². The van der Waals surface area contributed by atoms with E-state index in [1.807, 2.05) is 0 Å². The molecule has 13 heteroatoms. The first-order chi connectivity index (χ1) is 16.3. The highest BCUT2D eigenvalue weighted by atomic mass is 35.5. The van der Waals surface area contributed by atoms with Crippen molar-refractivity contribution in [2.75, 3.05) is 24.2 Å². The topological polar surface area (TPSA) is 118 Å². The van der Waals surface area contributed by atoms with Gasteiger partial charge in [0.05, 0.1) is 20.7 Å². The zero-order valence-electron chi connectivity index (χ0n) is 18.1. The van der Waals surface area contributed by atoms with Crippen LogP contribution in [0.1, 0.15) is 24.8 Å². The Balaban J connectivity index is 1.41. The largest absolute Gasteiger partial charge is 0.411 e. The SMILES string of the molecule is Cc1c(Cl)cnc(NC(=O)CSc2nnc(-c3cccc(S(=O)(=O)N4CCCCC4)c3)o2)c1Cl. The number of carbonyl (C=O) groups is 1. The normalized spacial score (nSPS) is 14.8. The van der Waals surface area contributed by atoms with E-state index in [1.54, 1.807) is 25.1 Å². The van der Waals surface area contributed by atoms with Crippen molar-refractivity contribution in [3.8, 4) is 11.5 Å². The third-order valence-corrected chi connectivity index (χ3v) is 8.78. The molecule has 1 amide bonds. The van der Waals surface area contributed by atoms with E-state index in [0.717, 1.165) is 31.0 Å². The summed E-state index contributed by atoms with van der Waals surface area (Å²) < 4.78 is 33.1. The summed E-state index contributed by atoms with van der Waals surface area (Å²) in [4.78, 5) is 16.5. The summed E-state index contributed by atoms with van der Waals surface area (Å²) >= 11 is 13.2. The van der Waals surface area contributed by atoms with Crippen LogP contribution in [0.4, 0.5) is 5.82 Å². The Hall–Kier alpha value is -2.18. The number of halogens is 2. The Bertz CT molecular complexity index is 1310. The average molecular weight is 542 g/mol. The van der Waals surface area contributed by atoms with Crippen LogP contribution in [0.15, 0.2) is 45.0 Å². The van der Waals surface area contributed by atoms with E-state index >= 15 is 0 Å². The first kappa shape index (κ1) is 24.9. The molecule has 0 atom stereocenters. The zero-order chi connectivity index (χ0) is 24.3. The predicted octanol–water partition coefficient (Wildman–Crippen LogP) is 4.65. The first-order valence-electron chi connectivity index (χ1n) is 10.4. The van der Waals surface area contributed by atoms with Crippen molar-refractivity contribution in [3.05, 3.63) is 46.1 Å². The van der Waals surface area contributed by atoms with Gasteiger partial charge in [0.25, 0.3) is 5.22 Å². The molecule has 1 aromatic carbocycles. The third-order valence-electron chi connectivity index (χ3n) is 5.23. The summed E-state index contributed by atoms with van der Waals surface area (Å²) in [6, 6.07) is 6.42. The third kappa shape index (κ3) is 5.55. The summed E-state index contributed by atoms with van der Waals surface area (Å²) in [6.07, 6.45) is 4.16. The Morgan fingerprint density at radius 2 is 1.97 bits per heavy atom. The summed E-state index contributed by atoms with van der Waals surface area (Å²) in [5.74, 6) is -0.00993. The fourth-order valence-electron chi connectivity index (χ4n) is 3.37. The van der Waals surface area contributed by atoms with Gasteiger partial charge in [-0.1, -0.05) is 47.5 Å². The van der Waals surface area contributed by atoms with Gasteiger partial charge in [-0.25, -0.2) is 13.4 Å². The molecule has 1 saturated heterocycles. The molecule has 2 aromatic heterocycles. The number of rotatable bonds is 7. The molecule has 1 N–H and O–H groups in total. The van der Waals surface area contributed by atoms with Crippen LogP contribution in [0.25, 0.3) is 11.5 Å². The van der Waals surface area contributed by atoms with Crippen LogP contribution in [0.3, 0.4) is 0 Å². The molecule has 1 fully saturated rings. The van der Waals surface area contributed by atoms with E-state index in [4.69, 9.17) is 27.6 Å². The number of benzene rings is 1. The van der Waals surface area contributed by atoms with Gasteiger partial charge in [0.1, 0.15) is 0 Å². The number of nitrogens with one attached hydrogen (secondary N) is 1. The lowest BCUT2D eigenvalue weighted by molar-refractivity contribution is -0.113. The van der Waals surface area contributed by atoms with Gasteiger partial charge < -0.3 is 9.73 Å². The van der Waals surface area contributed by atoms with E-state index in [1.165, 1.54) is 16.6 Å². The number of hydrogen-bond donors (Lipinski definition) is 1. The fraction of sp³-hybridized carbons (Fsp3) is 0.333. The van der Waals surface area contributed by atoms with Crippen LogP contribution < -0.4 is 5.32 Å². The highest BCUT2D eigenvalue weighted by molar-refractivity contribution is 7.99. The second-order valence-corrected chi connectivity index (χ2v) is 11.2. The van der Waals surface area contributed by atoms with Crippen LogP contribution in [0.2, 0.25) is 10.0 Å². The quantitative estimate of drug-likeness (QED) is 0.429. The lowest BCUT2D eigenvalue weighted by atomic mass is 10.2. The molecule has 3 aromatic rings. The van der Waals surface area contributed by atoms with Crippen LogP contribution >= 0.6 is 35.0 Å². The molecule has 0 unspecified atom stereocenters. The summed E-state index contributed by atoms with van der Waals surface area (Å²) in [7, 11) is -3.59. The summed E-state index contributed by atoms with van der Waals surface area (Å²) in [6.45, 7) is 2.77.